The van der Waals surface area contributed by atoms with Crippen LogP contribution in [0.3, 0.4) is 0 Å². The van der Waals surface area contributed by atoms with Crippen LogP contribution in [0.1, 0.15) is 32.8 Å². The molecule has 4 atom stereocenters. The molecular formula is C20H28N2O8. The van der Waals surface area contributed by atoms with Gasteiger partial charge < -0.3 is 30.3 Å². The smallest absolute Gasteiger partial charge is 0.408 e. The molecule has 1 aromatic rings. The quantitative estimate of drug-likeness (QED) is 0.381. The van der Waals surface area contributed by atoms with Crippen molar-refractivity contribution in [2.45, 2.75) is 52.0 Å². The van der Waals surface area contributed by atoms with Gasteiger partial charge in [0.05, 0.1) is 19.1 Å². The maximum Gasteiger partial charge on any atom is 0.408 e. The van der Waals surface area contributed by atoms with Gasteiger partial charge in [0, 0.05) is 0 Å². The van der Waals surface area contributed by atoms with Crippen molar-refractivity contribution in [1.29, 1.82) is 0 Å². The molecule has 0 heterocycles. The zero-order chi connectivity index (χ0) is 22.7. The molecule has 0 bridgehead atoms. The number of carboxylic acid groups (broad SMARTS) is 1. The fourth-order valence-corrected chi connectivity index (χ4v) is 2.59. The predicted molar refractivity (Wildman–Crippen MR) is 105 cm³/mol. The van der Waals surface area contributed by atoms with E-state index >= 15 is 0 Å². The average Bonchev–Trinajstić information content (AvgIpc) is 2.68. The predicted octanol–water partition coefficient (Wildman–Crippen LogP) is 0.821. The van der Waals surface area contributed by atoms with Gasteiger partial charge in [-0.05, 0) is 25.3 Å². The number of aliphatic carboxylic acids is 1. The third-order valence-corrected chi connectivity index (χ3v) is 4.18. The van der Waals surface area contributed by atoms with Gasteiger partial charge in [-0.1, -0.05) is 37.3 Å². The number of carboxylic acids is 1. The number of rotatable bonds is 11. The zero-order valence-corrected chi connectivity index (χ0v) is 17.2. The molecule has 10 nitrogen and oxygen atoms in total. The largest absolute Gasteiger partial charge is 0.480 e. The van der Waals surface area contributed by atoms with Crippen molar-refractivity contribution in [3.63, 3.8) is 0 Å². The van der Waals surface area contributed by atoms with Crippen molar-refractivity contribution in [1.82, 2.24) is 10.6 Å². The topological polar surface area (TPSA) is 151 Å². The lowest BCUT2D eigenvalue weighted by Crippen LogP contribution is -2.57. The summed E-state index contributed by atoms with van der Waals surface area (Å²) in [5, 5.41) is 23.7. The lowest BCUT2D eigenvalue weighted by Gasteiger charge is -2.25. The standard InChI is InChI=1S/C20H28N2O8/c1-4-29-15(24)10-12(2)16(19(26)27)21-18(25)17(13(3)23)22-20(28)30-11-14-8-6-5-7-9-14/h5-9,12-13,16-17,23H,4,10-11H2,1-3H3,(H,21,25)(H,22,28)(H,26,27)/t12-,13-,16+,17+/m1/s1. The van der Waals surface area contributed by atoms with Crippen LogP contribution in [0.25, 0.3) is 0 Å². The highest BCUT2D eigenvalue weighted by Gasteiger charge is 2.33. The van der Waals surface area contributed by atoms with Gasteiger partial charge in [-0.15, -0.1) is 0 Å². The summed E-state index contributed by atoms with van der Waals surface area (Å²) in [7, 11) is 0. The number of alkyl carbamates (subject to hydrolysis) is 1. The summed E-state index contributed by atoms with van der Waals surface area (Å²) < 4.78 is 9.81. The van der Waals surface area contributed by atoms with E-state index in [1.54, 1.807) is 37.3 Å². The first-order valence-corrected chi connectivity index (χ1v) is 9.49. The van der Waals surface area contributed by atoms with Gasteiger partial charge in [0.1, 0.15) is 18.7 Å². The number of hydrogen-bond acceptors (Lipinski definition) is 7. The molecule has 0 unspecified atom stereocenters. The van der Waals surface area contributed by atoms with Crippen LogP contribution in [0.4, 0.5) is 4.79 Å². The average molecular weight is 424 g/mol. The number of aliphatic hydroxyl groups is 1. The van der Waals surface area contributed by atoms with Crippen LogP contribution in [-0.4, -0.2) is 58.9 Å². The Morgan fingerprint density at radius 2 is 1.63 bits per heavy atom. The summed E-state index contributed by atoms with van der Waals surface area (Å²) in [5.74, 6) is -3.67. The summed E-state index contributed by atoms with van der Waals surface area (Å²) in [6, 6.07) is 5.95. The maximum absolute atomic E-state index is 12.5. The lowest BCUT2D eigenvalue weighted by molar-refractivity contribution is -0.147. The van der Waals surface area contributed by atoms with Gasteiger partial charge in [-0.2, -0.15) is 0 Å². The van der Waals surface area contributed by atoms with Gasteiger partial charge in [0.2, 0.25) is 5.91 Å². The lowest BCUT2D eigenvalue weighted by atomic mass is 9.97. The number of amides is 2. The van der Waals surface area contributed by atoms with Crippen LogP contribution < -0.4 is 10.6 Å². The van der Waals surface area contributed by atoms with E-state index in [1.807, 2.05) is 0 Å². The fourth-order valence-electron chi connectivity index (χ4n) is 2.59. The Labute approximate surface area is 174 Å². The minimum atomic E-state index is -1.45. The van der Waals surface area contributed by atoms with Crippen LogP contribution in [-0.2, 0) is 30.5 Å². The minimum absolute atomic E-state index is 0.0465. The Balaban J connectivity index is 2.72. The Morgan fingerprint density at radius 3 is 2.17 bits per heavy atom. The Kier molecular flexibility index (Phi) is 10.3. The molecule has 0 aliphatic carbocycles. The van der Waals surface area contributed by atoms with E-state index < -0.39 is 48.0 Å². The third kappa shape index (κ3) is 8.48. The van der Waals surface area contributed by atoms with Crippen LogP contribution in [0.15, 0.2) is 30.3 Å². The second kappa shape index (κ2) is 12.4. The second-order valence-corrected chi connectivity index (χ2v) is 6.74. The molecule has 4 N–H and O–H groups in total. The van der Waals surface area contributed by atoms with E-state index in [9.17, 15) is 29.4 Å². The van der Waals surface area contributed by atoms with E-state index in [-0.39, 0.29) is 19.6 Å². The van der Waals surface area contributed by atoms with Crippen molar-refractivity contribution < 1.29 is 38.9 Å². The SMILES string of the molecule is CCOC(=O)C[C@@H](C)[C@H](NC(=O)[C@@H](NC(=O)OCc1ccccc1)[C@@H](C)O)C(=O)O. The number of hydrogen-bond donors (Lipinski definition) is 4. The number of esters is 1. The van der Waals surface area contributed by atoms with E-state index in [4.69, 9.17) is 9.47 Å². The molecule has 166 valence electrons. The molecule has 30 heavy (non-hydrogen) atoms. The second-order valence-electron chi connectivity index (χ2n) is 6.74. The van der Waals surface area contributed by atoms with Crippen LogP contribution in [0.5, 0.6) is 0 Å². The highest BCUT2D eigenvalue weighted by molar-refractivity contribution is 5.90. The fraction of sp³-hybridized carbons (Fsp3) is 0.500. The van der Waals surface area contributed by atoms with E-state index in [2.05, 4.69) is 10.6 Å². The van der Waals surface area contributed by atoms with Gasteiger partial charge in [-0.3, -0.25) is 9.59 Å². The summed E-state index contributed by atoms with van der Waals surface area (Å²) in [4.78, 5) is 47.7. The minimum Gasteiger partial charge on any atom is -0.480 e. The van der Waals surface area contributed by atoms with E-state index in [1.165, 1.54) is 13.8 Å². The van der Waals surface area contributed by atoms with Crippen molar-refractivity contribution in [2.24, 2.45) is 5.92 Å². The van der Waals surface area contributed by atoms with Crippen molar-refractivity contribution in [2.75, 3.05) is 6.61 Å². The number of ether oxygens (including phenoxy) is 2. The summed E-state index contributed by atoms with van der Waals surface area (Å²) in [6.07, 6.45) is -2.51. The molecule has 0 saturated heterocycles. The normalized spacial score (nSPS) is 14.5. The van der Waals surface area contributed by atoms with Crippen LogP contribution in [0, 0.1) is 5.92 Å². The number of carbonyl (C=O) groups is 4. The summed E-state index contributed by atoms with van der Waals surface area (Å²) >= 11 is 0. The molecule has 10 heteroatoms. The molecule has 0 spiro atoms. The van der Waals surface area contributed by atoms with E-state index in [0.717, 1.165) is 5.56 Å². The van der Waals surface area contributed by atoms with Gasteiger partial charge >= 0.3 is 18.0 Å². The molecule has 0 aliphatic rings. The molecule has 0 aliphatic heterocycles. The molecule has 0 radical (unpaired) electrons. The van der Waals surface area contributed by atoms with Crippen molar-refractivity contribution in [3.05, 3.63) is 35.9 Å². The molecular weight excluding hydrogens is 396 g/mol. The monoisotopic (exact) mass is 424 g/mol. The first-order chi connectivity index (χ1) is 14.1. The first kappa shape index (κ1) is 24.9. The van der Waals surface area contributed by atoms with Gasteiger partial charge in [0.15, 0.2) is 0 Å². The summed E-state index contributed by atoms with van der Waals surface area (Å²) in [5.41, 5.74) is 0.726. The number of aliphatic hydroxyl groups excluding tert-OH is 1. The molecule has 1 rings (SSSR count). The number of carbonyl (C=O) groups excluding carboxylic acids is 3. The molecule has 0 fully saturated rings. The molecule has 2 amide bonds. The first-order valence-electron chi connectivity index (χ1n) is 9.49. The Bertz CT molecular complexity index is 723. The number of nitrogens with one attached hydrogen (secondary N) is 2. The van der Waals surface area contributed by atoms with Crippen LogP contribution >= 0.6 is 0 Å². The van der Waals surface area contributed by atoms with Crippen LogP contribution in [0.2, 0.25) is 0 Å². The zero-order valence-electron chi connectivity index (χ0n) is 17.2. The van der Waals surface area contributed by atoms with Gasteiger partial charge in [-0.25, -0.2) is 9.59 Å². The molecule has 1 aromatic carbocycles. The third-order valence-electron chi connectivity index (χ3n) is 4.18. The Morgan fingerprint density at radius 1 is 1.00 bits per heavy atom. The highest BCUT2D eigenvalue weighted by Crippen LogP contribution is 2.11. The maximum atomic E-state index is 12.5. The summed E-state index contributed by atoms with van der Waals surface area (Å²) in [6.45, 7) is 4.45. The van der Waals surface area contributed by atoms with Crippen molar-refractivity contribution in [3.8, 4) is 0 Å². The number of benzene rings is 1. The van der Waals surface area contributed by atoms with E-state index in [0.29, 0.717) is 0 Å². The highest BCUT2D eigenvalue weighted by atomic mass is 16.5. The van der Waals surface area contributed by atoms with Crippen molar-refractivity contribution >= 4 is 23.9 Å². The molecule has 0 saturated carbocycles. The van der Waals surface area contributed by atoms with Gasteiger partial charge in [0.25, 0.3) is 0 Å². The molecule has 0 aromatic heterocycles. The Hall–Kier alpha value is -3.14.